The van der Waals surface area contributed by atoms with Gasteiger partial charge in [-0.3, -0.25) is 9.59 Å². The number of amides is 2. The second-order valence-corrected chi connectivity index (χ2v) is 7.66. The van der Waals surface area contributed by atoms with Crippen molar-refractivity contribution in [1.29, 1.82) is 0 Å². The van der Waals surface area contributed by atoms with Crippen LogP contribution in [-0.2, 0) is 9.53 Å². The van der Waals surface area contributed by atoms with Crippen molar-refractivity contribution in [3.63, 3.8) is 0 Å². The van der Waals surface area contributed by atoms with Crippen molar-refractivity contribution in [3.05, 3.63) is 59.7 Å². The molecule has 2 aromatic rings. The smallest absolute Gasteiger partial charge is 0.253 e. The second-order valence-electron chi connectivity index (χ2n) is 6.49. The van der Waals surface area contributed by atoms with Crippen LogP contribution in [0.1, 0.15) is 28.8 Å². The molecule has 1 unspecified atom stereocenters. The summed E-state index contributed by atoms with van der Waals surface area (Å²) in [6, 6.07) is 15.3. The number of carbonyl (C=O) groups excluding carboxylic acids is 2. The molecule has 1 saturated heterocycles. The van der Waals surface area contributed by atoms with Crippen LogP contribution in [0, 0.1) is 6.92 Å². The number of benzene rings is 2. The molecule has 0 aromatic heterocycles. The number of hydrogen-bond acceptors (Lipinski definition) is 4. The first-order valence-electron chi connectivity index (χ1n) is 9.12. The third-order valence-corrected chi connectivity index (χ3v) is 5.31. The Bertz CT molecular complexity index is 786. The average Bonchev–Trinajstić information content (AvgIpc) is 3.22. The number of nitrogens with one attached hydrogen (secondary N) is 2. The van der Waals surface area contributed by atoms with Crippen molar-refractivity contribution in [2.45, 2.75) is 30.8 Å². The number of hydrogen-bond donors (Lipinski definition) is 2. The van der Waals surface area contributed by atoms with Gasteiger partial charge < -0.3 is 15.4 Å². The van der Waals surface area contributed by atoms with E-state index in [0.29, 0.717) is 24.4 Å². The van der Waals surface area contributed by atoms with Gasteiger partial charge in [-0.25, -0.2) is 0 Å². The molecule has 0 bridgehead atoms. The molecule has 1 aliphatic rings. The monoisotopic (exact) mass is 384 g/mol. The van der Waals surface area contributed by atoms with Crippen LogP contribution in [0.4, 0.5) is 5.69 Å². The summed E-state index contributed by atoms with van der Waals surface area (Å²) in [7, 11) is 0. The van der Waals surface area contributed by atoms with Crippen LogP contribution in [0.5, 0.6) is 0 Å². The Kier molecular flexibility index (Phi) is 6.90. The molecule has 5 nitrogen and oxygen atoms in total. The number of aryl methyl sites for hydroxylation is 1. The minimum Gasteiger partial charge on any atom is -0.368 e. The maximum Gasteiger partial charge on any atom is 0.253 e. The number of ether oxygens (including phenoxy) is 1. The second kappa shape index (κ2) is 9.58. The number of carbonyl (C=O) groups is 2. The van der Waals surface area contributed by atoms with Crippen molar-refractivity contribution in [1.82, 2.24) is 5.32 Å². The van der Waals surface area contributed by atoms with Crippen molar-refractivity contribution >= 4 is 29.3 Å². The van der Waals surface area contributed by atoms with Crippen LogP contribution < -0.4 is 10.6 Å². The SMILES string of the molecule is Cc1ccc(SCCNC(=O)c2cccc(NC(=O)C3CCCO3)c2)cc1. The van der Waals surface area contributed by atoms with Gasteiger partial charge in [0, 0.05) is 35.1 Å². The lowest BCUT2D eigenvalue weighted by molar-refractivity contribution is -0.124. The summed E-state index contributed by atoms with van der Waals surface area (Å²) < 4.78 is 5.38. The van der Waals surface area contributed by atoms with E-state index in [4.69, 9.17) is 4.74 Å². The number of rotatable bonds is 7. The lowest BCUT2D eigenvalue weighted by Crippen LogP contribution is -2.28. The van der Waals surface area contributed by atoms with Crippen molar-refractivity contribution in [3.8, 4) is 0 Å². The fraction of sp³-hybridized carbons (Fsp3) is 0.333. The summed E-state index contributed by atoms with van der Waals surface area (Å²) in [5, 5.41) is 5.74. The molecule has 1 fully saturated rings. The van der Waals surface area contributed by atoms with Crippen LogP contribution in [0.2, 0.25) is 0 Å². The van der Waals surface area contributed by atoms with E-state index in [1.54, 1.807) is 36.0 Å². The summed E-state index contributed by atoms with van der Waals surface area (Å²) in [6.07, 6.45) is 1.26. The minimum atomic E-state index is -0.388. The topological polar surface area (TPSA) is 67.4 Å². The zero-order valence-electron chi connectivity index (χ0n) is 15.4. The third kappa shape index (κ3) is 5.84. The lowest BCUT2D eigenvalue weighted by atomic mass is 10.1. The van der Waals surface area contributed by atoms with Crippen LogP contribution in [-0.4, -0.2) is 36.8 Å². The quantitative estimate of drug-likeness (QED) is 0.565. The Labute approximate surface area is 163 Å². The molecule has 0 radical (unpaired) electrons. The minimum absolute atomic E-state index is 0.146. The van der Waals surface area contributed by atoms with Crippen LogP contribution >= 0.6 is 11.8 Å². The van der Waals surface area contributed by atoms with E-state index in [-0.39, 0.29) is 17.9 Å². The molecule has 27 heavy (non-hydrogen) atoms. The van der Waals surface area contributed by atoms with Gasteiger partial charge in [-0.1, -0.05) is 23.8 Å². The molecule has 1 aliphatic heterocycles. The van der Waals surface area contributed by atoms with Crippen LogP contribution in [0.3, 0.4) is 0 Å². The van der Waals surface area contributed by atoms with Gasteiger partial charge in [0.2, 0.25) is 0 Å². The third-order valence-electron chi connectivity index (χ3n) is 4.29. The van der Waals surface area contributed by atoms with Gasteiger partial charge in [-0.15, -0.1) is 11.8 Å². The molecule has 0 saturated carbocycles. The summed E-state index contributed by atoms with van der Waals surface area (Å²) >= 11 is 1.71. The van der Waals surface area contributed by atoms with E-state index in [1.807, 2.05) is 0 Å². The van der Waals surface area contributed by atoms with E-state index in [9.17, 15) is 9.59 Å². The summed E-state index contributed by atoms with van der Waals surface area (Å²) in [4.78, 5) is 25.6. The van der Waals surface area contributed by atoms with Gasteiger partial charge in [0.15, 0.2) is 0 Å². The first-order valence-corrected chi connectivity index (χ1v) is 10.1. The number of thioether (sulfide) groups is 1. The van der Waals surface area contributed by atoms with Crippen LogP contribution in [0.15, 0.2) is 53.4 Å². The molecule has 3 rings (SSSR count). The Morgan fingerprint density at radius 3 is 2.74 bits per heavy atom. The van der Waals surface area contributed by atoms with E-state index in [1.165, 1.54) is 10.5 Å². The highest BCUT2D eigenvalue weighted by Crippen LogP contribution is 2.18. The van der Waals surface area contributed by atoms with Crippen molar-refractivity contribution in [2.24, 2.45) is 0 Å². The number of anilines is 1. The van der Waals surface area contributed by atoms with E-state index >= 15 is 0 Å². The zero-order valence-corrected chi connectivity index (χ0v) is 16.2. The zero-order chi connectivity index (χ0) is 19.1. The molecule has 0 spiro atoms. The fourth-order valence-corrected chi connectivity index (χ4v) is 3.58. The van der Waals surface area contributed by atoms with Gasteiger partial charge in [-0.2, -0.15) is 0 Å². The van der Waals surface area contributed by atoms with Gasteiger partial charge >= 0.3 is 0 Å². The predicted octanol–water partition coefficient (Wildman–Crippen LogP) is 3.63. The molecule has 142 valence electrons. The molecule has 1 atom stereocenters. The summed E-state index contributed by atoms with van der Waals surface area (Å²) in [6.45, 7) is 3.26. The Balaban J connectivity index is 1.46. The molecule has 0 aliphatic carbocycles. The van der Waals surface area contributed by atoms with Crippen LogP contribution in [0.25, 0.3) is 0 Å². The maximum absolute atomic E-state index is 12.3. The van der Waals surface area contributed by atoms with Gasteiger partial charge in [0.05, 0.1) is 0 Å². The Morgan fingerprint density at radius 2 is 2.00 bits per heavy atom. The van der Waals surface area contributed by atoms with E-state index in [2.05, 4.69) is 41.8 Å². The van der Waals surface area contributed by atoms with Gasteiger partial charge in [-0.05, 0) is 50.1 Å². The largest absolute Gasteiger partial charge is 0.368 e. The van der Waals surface area contributed by atoms with E-state index in [0.717, 1.165) is 18.6 Å². The molecular formula is C21H24N2O3S. The highest BCUT2D eigenvalue weighted by molar-refractivity contribution is 7.99. The summed E-state index contributed by atoms with van der Waals surface area (Å²) in [5.74, 6) is 0.497. The molecule has 1 heterocycles. The molecular weight excluding hydrogens is 360 g/mol. The molecule has 2 N–H and O–H groups in total. The predicted molar refractivity (Wildman–Crippen MR) is 108 cm³/mol. The Morgan fingerprint density at radius 1 is 1.19 bits per heavy atom. The standard InChI is InChI=1S/C21H24N2O3S/c1-15-7-9-18(10-8-15)27-13-11-22-20(24)16-4-2-5-17(14-16)23-21(25)19-6-3-12-26-19/h2,4-5,7-10,14,19H,3,6,11-13H2,1H3,(H,22,24)(H,23,25). The van der Waals surface area contributed by atoms with Gasteiger partial charge in [0.1, 0.15) is 6.10 Å². The highest BCUT2D eigenvalue weighted by atomic mass is 32.2. The molecule has 2 amide bonds. The molecule has 6 heteroatoms. The fourth-order valence-electron chi connectivity index (χ4n) is 2.82. The first-order chi connectivity index (χ1) is 13.1. The Hall–Kier alpha value is -2.31. The van der Waals surface area contributed by atoms with E-state index < -0.39 is 0 Å². The lowest BCUT2D eigenvalue weighted by Gasteiger charge is -2.11. The van der Waals surface area contributed by atoms with Crippen molar-refractivity contribution < 1.29 is 14.3 Å². The van der Waals surface area contributed by atoms with Gasteiger partial charge in [0.25, 0.3) is 11.8 Å². The first kappa shape index (κ1) is 19.5. The highest BCUT2D eigenvalue weighted by Gasteiger charge is 2.23. The van der Waals surface area contributed by atoms with Crippen molar-refractivity contribution in [2.75, 3.05) is 24.2 Å². The summed E-state index contributed by atoms with van der Waals surface area (Å²) in [5.41, 5.74) is 2.37. The average molecular weight is 385 g/mol. The maximum atomic E-state index is 12.3. The molecule has 2 aromatic carbocycles. The normalized spacial score (nSPS) is 16.1.